The molecule has 6 heteroatoms. The summed E-state index contributed by atoms with van der Waals surface area (Å²) in [6, 6.07) is 0. The van der Waals surface area contributed by atoms with Gasteiger partial charge in [-0.3, -0.25) is 14.4 Å². The molecule has 0 aromatic rings. The summed E-state index contributed by atoms with van der Waals surface area (Å²) < 4.78 is 16.7. The molecule has 0 spiro atoms. The Morgan fingerprint density at radius 2 is 0.588 bits per heavy atom. The van der Waals surface area contributed by atoms with Crippen LogP contribution in [-0.4, -0.2) is 37.2 Å². The Bertz CT molecular complexity index is 1540. The second kappa shape index (κ2) is 54.9. The number of esters is 3. The summed E-state index contributed by atoms with van der Waals surface area (Å²) in [5, 5.41) is 0. The summed E-state index contributed by atoms with van der Waals surface area (Å²) in [5.41, 5.74) is 0. The van der Waals surface area contributed by atoms with Crippen LogP contribution >= 0.6 is 0 Å². The fourth-order valence-corrected chi connectivity index (χ4v) is 6.59. The molecular weight excluding hydrogens is 841 g/mol. The molecule has 1 unspecified atom stereocenters. The van der Waals surface area contributed by atoms with Crippen LogP contribution in [0.15, 0.2) is 146 Å². The minimum Gasteiger partial charge on any atom is -0.462 e. The van der Waals surface area contributed by atoms with E-state index in [1.807, 2.05) is 0 Å². The number of rotatable bonds is 46. The van der Waals surface area contributed by atoms with Gasteiger partial charge in [0.05, 0.1) is 0 Å². The van der Waals surface area contributed by atoms with E-state index in [1.165, 1.54) is 32.1 Å². The van der Waals surface area contributed by atoms with Crippen molar-refractivity contribution in [2.24, 2.45) is 0 Å². The maximum Gasteiger partial charge on any atom is 0.306 e. The zero-order valence-corrected chi connectivity index (χ0v) is 43.3. The molecule has 6 nitrogen and oxygen atoms in total. The Kier molecular flexibility index (Phi) is 51.1. The van der Waals surface area contributed by atoms with Crippen molar-refractivity contribution in [3.05, 3.63) is 146 Å². The minimum atomic E-state index is -0.832. The quantitative estimate of drug-likeness (QED) is 0.0262. The number of ether oxygens (including phenoxy) is 3. The molecule has 0 aliphatic carbocycles. The third-order valence-corrected chi connectivity index (χ3v) is 10.6. The van der Waals surface area contributed by atoms with Gasteiger partial charge in [0.15, 0.2) is 6.10 Å². The number of hydrogen-bond donors (Lipinski definition) is 0. The van der Waals surface area contributed by atoms with Crippen LogP contribution in [0, 0.1) is 0 Å². The molecule has 0 heterocycles. The molecule has 0 N–H and O–H groups in total. The first-order valence-electron chi connectivity index (χ1n) is 26.8. The van der Waals surface area contributed by atoms with Crippen LogP contribution in [0.3, 0.4) is 0 Å². The average molecular weight is 937 g/mol. The summed E-state index contributed by atoms with van der Waals surface area (Å²) in [4.78, 5) is 38.0. The smallest absolute Gasteiger partial charge is 0.306 e. The molecule has 0 saturated carbocycles. The van der Waals surface area contributed by atoms with Crippen molar-refractivity contribution in [1.82, 2.24) is 0 Å². The summed E-state index contributed by atoms with van der Waals surface area (Å²) in [7, 11) is 0. The first kappa shape index (κ1) is 63.3. The van der Waals surface area contributed by atoms with Crippen LogP contribution in [0.4, 0.5) is 0 Å². The molecule has 0 aliphatic heterocycles. The van der Waals surface area contributed by atoms with Crippen LogP contribution in [0.25, 0.3) is 0 Å². The summed E-state index contributed by atoms with van der Waals surface area (Å²) in [5.74, 6) is -1.05. The van der Waals surface area contributed by atoms with Crippen molar-refractivity contribution < 1.29 is 28.6 Å². The molecule has 0 amide bonds. The van der Waals surface area contributed by atoms with Gasteiger partial charge in [-0.15, -0.1) is 0 Å². The molecule has 0 rings (SSSR count). The van der Waals surface area contributed by atoms with E-state index in [-0.39, 0.29) is 44.0 Å². The van der Waals surface area contributed by atoms with E-state index in [9.17, 15) is 14.4 Å². The molecule has 0 saturated heterocycles. The molecule has 380 valence electrons. The summed E-state index contributed by atoms with van der Waals surface area (Å²) >= 11 is 0. The van der Waals surface area contributed by atoms with E-state index in [0.717, 1.165) is 122 Å². The second-order valence-electron chi connectivity index (χ2n) is 17.0. The third kappa shape index (κ3) is 52.3. The van der Waals surface area contributed by atoms with Gasteiger partial charge in [-0.2, -0.15) is 0 Å². The zero-order chi connectivity index (χ0) is 49.3. The highest BCUT2D eigenvalue weighted by atomic mass is 16.6. The normalized spacial score (nSPS) is 13.3. The highest BCUT2D eigenvalue weighted by Gasteiger charge is 2.19. The average Bonchev–Trinajstić information content (AvgIpc) is 3.34. The molecule has 1 atom stereocenters. The van der Waals surface area contributed by atoms with Gasteiger partial charge in [0, 0.05) is 19.3 Å². The van der Waals surface area contributed by atoms with Gasteiger partial charge in [-0.1, -0.05) is 199 Å². The Morgan fingerprint density at radius 3 is 1.00 bits per heavy atom. The van der Waals surface area contributed by atoms with Crippen LogP contribution in [0.5, 0.6) is 0 Å². The molecule has 0 fully saturated rings. The predicted octanol–water partition coefficient (Wildman–Crippen LogP) is 18.0. The Morgan fingerprint density at radius 1 is 0.309 bits per heavy atom. The highest BCUT2D eigenvalue weighted by molar-refractivity contribution is 5.71. The second-order valence-corrected chi connectivity index (χ2v) is 17.0. The van der Waals surface area contributed by atoms with E-state index in [0.29, 0.717) is 19.3 Å². The first-order chi connectivity index (χ1) is 33.5. The van der Waals surface area contributed by atoms with Crippen LogP contribution in [0.2, 0.25) is 0 Å². The molecular formula is C62H96O6. The van der Waals surface area contributed by atoms with E-state index >= 15 is 0 Å². The summed E-state index contributed by atoms with van der Waals surface area (Å²) in [6.45, 7) is 6.27. The minimum absolute atomic E-state index is 0.123. The molecule has 0 bridgehead atoms. The number of hydrogen-bond acceptors (Lipinski definition) is 6. The van der Waals surface area contributed by atoms with Crippen molar-refractivity contribution in [2.45, 2.75) is 213 Å². The number of carbonyl (C=O) groups is 3. The van der Waals surface area contributed by atoms with Crippen molar-refractivity contribution in [3.63, 3.8) is 0 Å². The molecule has 68 heavy (non-hydrogen) atoms. The van der Waals surface area contributed by atoms with E-state index in [4.69, 9.17) is 14.2 Å². The van der Waals surface area contributed by atoms with Crippen molar-refractivity contribution in [2.75, 3.05) is 13.2 Å². The topological polar surface area (TPSA) is 78.9 Å². The van der Waals surface area contributed by atoms with Crippen molar-refractivity contribution in [3.8, 4) is 0 Å². The lowest BCUT2D eigenvalue weighted by Crippen LogP contribution is -2.30. The fourth-order valence-electron chi connectivity index (χ4n) is 6.59. The van der Waals surface area contributed by atoms with Gasteiger partial charge in [-0.25, -0.2) is 0 Å². The Balaban J connectivity index is 4.55. The first-order valence-corrected chi connectivity index (χ1v) is 26.8. The standard InChI is InChI=1S/C62H96O6/c1-4-7-10-13-16-19-22-25-27-28-29-30-31-32-33-34-36-37-40-43-46-49-52-55-61(64)67-58-59(57-66-60(63)54-51-48-45-42-39-24-21-18-15-12-9-6-3)68-62(65)56-53-50-47-44-41-38-35-26-23-20-17-14-11-8-5-2/h7-8,10-11,16-21,25-27,29-30,32-33,35-37,41,43-44,46,59H,4-6,9,12-15,22-24,28,31,34,38-40,42,45,47-58H2,1-3H3/b10-7-,11-8-,19-16-,20-17-,21-18-,27-25-,30-29-,33-32-,35-26-,37-36-,44-41-,46-43-. The third-order valence-electron chi connectivity index (χ3n) is 10.6. The van der Waals surface area contributed by atoms with Crippen LogP contribution in [-0.2, 0) is 28.6 Å². The Hall–Kier alpha value is -4.71. The largest absolute Gasteiger partial charge is 0.462 e. The van der Waals surface area contributed by atoms with Gasteiger partial charge in [0.25, 0.3) is 0 Å². The highest BCUT2D eigenvalue weighted by Crippen LogP contribution is 2.11. The van der Waals surface area contributed by atoms with Crippen LogP contribution in [0.1, 0.15) is 207 Å². The van der Waals surface area contributed by atoms with Gasteiger partial charge in [0.2, 0.25) is 0 Å². The Labute approximate surface area is 417 Å². The van der Waals surface area contributed by atoms with Crippen molar-refractivity contribution in [1.29, 1.82) is 0 Å². The lowest BCUT2D eigenvalue weighted by molar-refractivity contribution is -0.167. The zero-order valence-electron chi connectivity index (χ0n) is 43.3. The van der Waals surface area contributed by atoms with E-state index in [2.05, 4.69) is 167 Å². The number of unbranched alkanes of at least 4 members (excludes halogenated alkanes) is 11. The lowest BCUT2D eigenvalue weighted by atomic mass is 10.1. The maximum atomic E-state index is 12.8. The van der Waals surface area contributed by atoms with Crippen molar-refractivity contribution >= 4 is 17.9 Å². The van der Waals surface area contributed by atoms with Crippen LogP contribution < -0.4 is 0 Å². The predicted molar refractivity (Wildman–Crippen MR) is 292 cm³/mol. The fraction of sp³-hybridized carbons (Fsp3) is 0.565. The molecule has 0 aliphatic rings. The lowest BCUT2D eigenvalue weighted by Gasteiger charge is -2.18. The van der Waals surface area contributed by atoms with Gasteiger partial charge in [0.1, 0.15) is 13.2 Å². The molecule has 0 radical (unpaired) electrons. The SMILES string of the molecule is CC/C=C\C/C=C\C/C=C\C/C=C\C/C=C\C/C=C\C/C=C\CCCC(=O)OCC(COC(=O)CCCCCCC/C=C\CCCCC)OC(=O)CCCC/C=C\C/C=C\C/C=C\C/C=C\CC. The van der Waals surface area contributed by atoms with Gasteiger partial charge in [-0.05, 0) is 135 Å². The van der Waals surface area contributed by atoms with E-state index < -0.39 is 6.10 Å². The van der Waals surface area contributed by atoms with Gasteiger partial charge < -0.3 is 14.2 Å². The number of allylic oxidation sites excluding steroid dienone is 24. The monoisotopic (exact) mass is 937 g/mol. The van der Waals surface area contributed by atoms with E-state index in [1.54, 1.807) is 0 Å². The maximum absolute atomic E-state index is 12.8. The van der Waals surface area contributed by atoms with Gasteiger partial charge >= 0.3 is 17.9 Å². The summed E-state index contributed by atoms with van der Waals surface area (Å²) in [6.07, 6.45) is 78.4. The number of carbonyl (C=O) groups excluding carboxylic acids is 3. The molecule has 0 aromatic carbocycles. The molecule has 0 aromatic heterocycles.